The van der Waals surface area contributed by atoms with Crippen molar-refractivity contribution in [1.29, 1.82) is 0 Å². The number of aryl methyl sites for hydroxylation is 1. The summed E-state index contributed by atoms with van der Waals surface area (Å²) < 4.78 is 0. The van der Waals surface area contributed by atoms with E-state index in [-0.39, 0.29) is 29.9 Å². The van der Waals surface area contributed by atoms with Crippen molar-refractivity contribution < 1.29 is 4.79 Å². The number of rotatable bonds is 7. The summed E-state index contributed by atoms with van der Waals surface area (Å²) in [5, 5.41) is 12.3. The zero-order valence-corrected chi connectivity index (χ0v) is 17.6. The Kier molecular flexibility index (Phi) is 9.88. The van der Waals surface area contributed by atoms with E-state index in [2.05, 4.69) is 25.9 Å². The lowest BCUT2D eigenvalue weighted by Gasteiger charge is -2.11. The molecule has 6 nitrogen and oxygen atoms in total. The minimum atomic E-state index is -0.0124. The van der Waals surface area contributed by atoms with Crippen molar-refractivity contribution in [1.82, 2.24) is 20.9 Å². The zero-order chi connectivity index (χ0) is 16.5. The standard InChI is InChI=1S/C15H21N5OS2.HI/c1-11-9-19-13(23-11)10-20-15(16-2)18-7-4-6-17-14(21)12-5-3-8-22-12;/h3,5,8-9H,4,6-7,10H2,1-2H3,(H,17,21)(H2,16,18,20);1H. The van der Waals surface area contributed by atoms with Crippen molar-refractivity contribution in [2.45, 2.75) is 19.9 Å². The van der Waals surface area contributed by atoms with Gasteiger partial charge in [-0.15, -0.1) is 46.7 Å². The molecule has 1 amide bonds. The van der Waals surface area contributed by atoms with Gasteiger partial charge in [0.05, 0.1) is 11.4 Å². The molecule has 2 heterocycles. The first-order valence-corrected chi connectivity index (χ1v) is 9.06. The van der Waals surface area contributed by atoms with Crippen LogP contribution >= 0.6 is 46.7 Å². The molecule has 2 aromatic heterocycles. The Hall–Kier alpha value is -1.20. The van der Waals surface area contributed by atoms with Gasteiger partial charge >= 0.3 is 0 Å². The molecular weight excluding hydrogens is 457 g/mol. The number of carbonyl (C=O) groups excluding carboxylic acids is 1. The minimum Gasteiger partial charge on any atom is -0.356 e. The van der Waals surface area contributed by atoms with Gasteiger partial charge in [0.1, 0.15) is 5.01 Å². The lowest BCUT2D eigenvalue weighted by atomic mass is 10.4. The molecule has 9 heteroatoms. The number of nitrogens with one attached hydrogen (secondary N) is 3. The number of amides is 1. The number of aromatic nitrogens is 1. The largest absolute Gasteiger partial charge is 0.356 e. The number of halogens is 1. The molecule has 0 fully saturated rings. The maximum atomic E-state index is 11.8. The Morgan fingerprint density at radius 1 is 1.29 bits per heavy atom. The van der Waals surface area contributed by atoms with Gasteiger partial charge in [-0.1, -0.05) is 6.07 Å². The number of thiazole rings is 1. The van der Waals surface area contributed by atoms with Crippen LogP contribution in [-0.2, 0) is 6.54 Å². The van der Waals surface area contributed by atoms with Crippen LogP contribution in [0, 0.1) is 6.92 Å². The predicted molar refractivity (Wildman–Crippen MR) is 112 cm³/mol. The summed E-state index contributed by atoms with van der Waals surface area (Å²) in [6.45, 7) is 4.07. The van der Waals surface area contributed by atoms with Crippen LogP contribution in [0.2, 0.25) is 0 Å². The van der Waals surface area contributed by atoms with E-state index in [1.54, 1.807) is 18.4 Å². The molecule has 3 N–H and O–H groups in total. The van der Waals surface area contributed by atoms with Gasteiger partial charge in [-0.05, 0) is 24.8 Å². The summed E-state index contributed by atoms with van der Waals surface area (Å²) in [5.74, 6) is 0.726. The van der Waals surface area contributed by atoms with Crippen LogP contribution in [0.5, 0.6) is 0 Å². The van der Waals surface area contributed by atoms with E-state index in [1.165, 1.54) is 16.2 Å². The van der Waals surface area contributed by atoms with E-state index < -0.39 is 0 Å². The van der Waals surface area contributed by atoms with E-state index in [4.69, 9.17) is 0 Å². The molecule has 0 radical (unpaired) electrons. The fourth-order valence-electron chi connectivity index (χ4n) is 1.86. The number of nitrogens with zero attached hydrogens (tertiary/aromatic N) is 2. The van der Waals surface area contributed by atoms with Gasteiger partial charge < -0.3 is 16.0 Å². The number of hydrogen-bond donors (Lipinski definition) is 3. The van der Waals surface area contributed by atoms with Gasteiger partial charge in [0.25, 0.3) is 5.91 Å². The molecule has 2 aromatic rings. The first-order chi connectivity index (χ1) is 11.2. The maximum absolute atomic E-state index is 11.8. The highest BCUT2D eigenvalue weighted by Crippen LogP contribution is 2.10. The van der Waals surface area contributed by atoms with Crippen LogP contribution in [0.1, 0.15) is 26.0 Å². The van der Waals surface area contributed by atoms with E-state index in [0.717, 1.165) is 28.8 Å². The van der Waals surface area contributed by atoms with Crippen LogP contribution in [0.3, 0.4) is 0 Å². The van der Waals surface area contributed by atoms with Gasteiger partial charge in [0.15, 0.2) is 5.96 Å². The number of hydrogen-bond acceptors (Lipinski definition) is 5. The Morgan fingerprint density at radius 3 is 2.71 bits per heavy atom. The monoisotopic (exact) mass is 479 g/mol. The first kappa shape index (κ1) is 20.8. The lowest BCUT2D eigenvalue weighted by molar-refractivity contribution is 0.0957. The number of thiophene rings is 1. The van der Waals surface area contributed by atoms with E-state index in [0.29, 0.717) is 13.1 Å². The molecule has 0 bridgehead atoms. The van der Waals surface area contributed by atoms with Crippen LogP contribution < -0.4 is 16.0 Å². The molecule has 0 saturated carbocycles. The van der Waals surface area contributed by atoms with E-state index in [9.17, 15) is 4.79 Å². The molecule has 0 aromatic carbocycles. The molecule has 0 saturated heterocycles. The first-order valence-electron chi connectivity index (χ1n) is 7.36. The van der Waals surface area contributed by atoms with Gasteiger partial charge in [0.2, 0.25) is 0 Å². The Labute approximate surface area is 167 Å². The predicted octanol–water partition coefficient (Wildman–Crippen LogP) is 2.62. The summed E-state index contributed by atoms with van der Waals surface area (Å²) in [6, 6.07) is 3.70. The molecule has 0 unspecified atom stereocenters. The average molecular weight is 479 g/mol. The highest BCUT2D eigenvalue weighted by Gasteiger charge is 2.05. The van der Waals surface area contributed by atoms with E-state index >= 15 is 0 Å². The maximum Gasteiger partial charge on any atom is 0.261 e. The third-order valence-corrected chi connectivity index (χ3v) is 4.76. The van der Waals surface area contributed by atoms with Crippen LogP contribution in [-0.4, -0.2) is 37.0 Å². The number of guanidine groups is 1. The Balaban J connectivity index is 0.00000288. The van der Waals surface area contributed by atoms with Crippen molar-refractivity contribution in [3.63, 3.8) is 0 Å². The molecule has 2 rings (SSSR count). The lowest BCUT2D eigenvalue weighted by Crippen LogP contribution is -2.38. The molecule has 0 spiro atoms. The molecule has 132 valence electrons. The summed E-state index contributed by atoms with van der Waals surface area (Å²) in [5.41, 5.74) is 0. The highest BCUT2D eigenvalue weighted by atomic mass is 127. The summed E-state index contributed by atoms with van der Waals surface area (Å²) >= 11 is 3.12. The fraction of sp³-hybridized carbons (Fsp3) is 0.400. The van der Waals surface area contributed by atoms with Crippen LogP contribution in [0.15, 0.2) is 28.7 Å². The molecule has 0 aliphatic rings. The number of aliphatic imine (C=N–C) groups is 1. The van der Waals surface area contributed by atoms with Crippen LogP contribution in [0.4, 0.5) is 0 Å². The van der Waals surface area contributed by atoms with Gasteiger partial charge in [-0.3, -0.25) is 9.79 Å². The van der Waals surface area contributed by atoms with Gasteiger partial charge in [-0.2, -0.15) is 0 Å². The van der Waals surface area contributed by atoms with Crippen molar-refractivity contribution >= 4 is 58.5 Å². The fourth-order valence-corrected chi connectivity index (χ4v) is 3.22. The second-order valence-electron chi connectivity index (χ2n) is 4.80. The molecular formula is C15H22IN5OS2. The zero-order valence-electron chi connectivity index (χ0n) is 13.7. The average Bonchev–Trinajstić information content (AvgIpc) is 3.21. The number of carbonyl (C=O) groups is 1. The van der Waals surface area contributed by atoms with Crippen molar-refractivity contribution in [2.75, 3.05) is 20.1 Å². The topological polar surface area (TPSA) is 78.4 Å². The smallest absolute Gasteiger partial charge is 0.261 e. The summed E-state index contributed by atoms with van der Waals surface area (Å²) in [4.78, 5) is 22.2. The third kappa shape index (κ3) is 7.14. The van der Waals surface area contributed by atoms with E-state index in [1.807, 2.05) is 30.6 Å². The Morgan fingerprint density at radius 2 is 2.08 bits per heavy atom. The second kappa shape index (κ2) is 11.4. The SMILES string of the molecule is CN=C(NCCCNC(=O)c1cccs1)NCc1ncc(C)s1.I. The third-order valence-electron chi connectivity index (χ3n) is 2.98. The van der Waals surface area contributed by atoms with Gasteiger partial charge in [-0.25, -0.2) is 4.98 Å². The summed E-state index contributed by atoms with van der Waals surface area (Å²) in [7, 11) is 1.74. The van der Waals surface area contributed by atoms with Crippen molar-refractivity contribution in [3.05, 3.63) is 38.5 Å². The molecule has 0 aliphatic heterocycles. The normalized spacial score (nSPS) is 10.8. The minimum absolute atomic E-state index is 0. The Bertz CT molecular complexity index is 642. The van der Waals surface area contributed by atoms with Crippen molar-refractivity contribution in [2.24, 2.45) is 4.99 Å². The highest BCUT2D eigenvalue weighted by molar-refractivity contribution is 14.0. The quantitative estimate of drug-likeness (QED) is 0.247. The molecule has 0 aliphatic carbocycles. The summed E-state index contributed by atoms with van der Waals surface area (Å²) in [6.07, 6.45) is 2.70. The van der Waals surface area contributed by atoms with Crippen molar-refractivity contribution in [3.8, 4) is 0 Å². The van der Waals surface area contributed by atoms with Crippen LogP contribution in [0.25, 0.3) is 0 Å². The molecule has 0 atom stereocenters. The second-order valence-corrected chi connectivity index (χ2v) is 7.07. The molecule has 24 heavy (non-hydrogen) atoms. The van der Waals surface area contributed by atoms with Gasteiger partial charge in [0, 0.05) is 31.2 Å².